The number of nitrogens with zero attached hydrogens (tertiary/aromatic N) is 2. The van der Waals surface area contributed by atoms with Crippen LogP contribution in [-0.2, 0) is 4.74 Å². The fourth-order valence-electron chi connectivity index (χ4n) is 1.82. The van der Waals surface area contributed by atoms with Gasteiger partial charge in [-0.2, -0.15) is 0 Å². The number of ketones is 1. The Morgan fingerprint density at radius 1 is 1.43 bits per heavy atom. The average Bonchev–Trinajstić information content (AvgIpc) is 3.00. The van der Waals surface area contributed by atoms with Crippen molar-refractivity contribution in [2.45, 2.75) is 6.92 Å². The number of hydrogen-bond acceptors (Lipinski definition) is 6. The highest BCUT2D eigenvalue weighted by Gasteiger charge is 2.29. The van der Waals surface area contributed by atoms with Crippen LogP contribution in [0.15, 0.2) is 30.6 Å². The van der Waals surface area contributed by atoms with Gasteiger partial charge in [0.25, 0.3) is 5.69 Å². The standard InChI is InChI=1S/C13H11N3O5/c1-2-21-13(18)8-4-3-5-9(16(19)20)10(8)11(17)12-14-6-7-15-12/h3-7H,2H2,1H3,(H,14,15). The number of aromatic nitrogens is 2. The average molecular weight is 289 g/mol. The van der Waals surface area contributed by atoms with Gasteiger partial charge in [-0.15, -0.1) is 0 Å². The SMILES string of the molecule is CCOC(=O)c1cccc([N+](=O)[O-])c1C(=O)c1ncc[nH]1. The molecule has 0 aliphatic rings. The zero-order chi connectivity index (χ0) is 15.4. The molecule has 0 atom stereocenters. The summed E-state index contributed by atoms with van der Waals surface area (Å²) in [6.07, 6.45) is 2.75. The van der Waals surface area contributed by atoms with Crippen LogP contribution < -0.4 is 0 Å². The van der Waals surface area contributed by atoms with E-state index in [9.17, 15) is 19.7 Å². The van der Waals surface area contributed by atoms with Crippen molar-refractivity contribution in [1.29, 1.82) is 0 Å². The van der Waals surface area contributed by atoms with Gasteiger partial charge in [0.05, 0.1) is 17.1 Å². The summed E-state index contributed by atoms with van der Waals surface area (Å²) in [5.74, 6) is -1.62. The number of nitrogens with one attached hydrogen (secondary N) is 1. The van der Waals surface area contributed by atoms with Gasteiger partial charge in [0.1, 0.15) is 5.56 Å². The third-order valence-corrected chi connectivity index (χ3v) is 2.67. The van der Waals surface area contributed by atoms with Crippen molar-refractivity contribution in [1.82, 2.24) is 9.97 Å². The maximum absolute atomic E-state index is 12.4. The lowest BCUT2D eigenvalue weighted by Gasteiger charge is -2.07. The minimum atomic E-state index is -0.795. The lowest BCUT2D eigenvalue weighted by Crippen LogP contribution is -2.15. The molecule has 0 saturated heterocycles. The second-order valence-corrected chi connectivity index (χ2v) is 3.94. The van der Waals surface area contributed by atoms with Crippen molar-refractivity contribution in [2.75, 3.05) is 6.61 Å². The van der Waals surface area contributed by atoms with E-state index in [1.807, 2.05) is 0 Å². The molecule has 1 heterocycles. The number of imidazole rings is 1. The number of carbonyl (C=O) groups excluding carboxylic acids is 2. The Labute approximate surface area is 118 Å². The smallest absolute Gasteiger partial charge is 0.339 e. The minimum Gasteiger partial charge on any atom is -0.462 e. The fourth-order valence-corrected chi connectivity index (χ4v) is 1.82. The first-order chi connectivity index (χ1) is 10.1. The van der Waals surface area contributed by atoms with Crippen LogP contribution in [0.1, 0.15) is 33.5 Å². The third kappa shape index (κ3) is 2.78. The molecular weight excluding hydrogens is 278 g/mol. The van der Waals surface area contributed by atoms with Gasteiger partial charge in [-0.1, -0.05) is 6.07 Å². The first-order valence-corrected chi connectivity index (χ1v) is 6.04. The predicted molar refractivity (Wildman–Crippen MR) is 71.1 cm³/mol. The molecule has 0 unspecified atom stereocenters. The molecule has 0 amide bonds. The molecule has 0 radical (unpaired) electrons. The van der Waals surface area contributed by atoms with Crippen LogP contribution in [0, 0.1) is 10.1 Å². The van der Waals surface area contributed by atoms with E-state index in [4.69, 9.17) is 4.74 Å². The Hall–Kier alpha value is -3.03. The van der Waals surface area contributed by atoms with E-state index in [0.29, 0.717) is 0 Å². The molecule has 0 fully saturated rings. The molecule has 0 aliphatic heterocycles. The monoisotopic (exact) mass is 289 g/mol. The van der Waals surface area contributed by atoms with Gasteiger partial charge in [-0.3, -0.25) is 14.9 Å². The fraction of sp³-hybridized carbons (Fsp3) is 0.154. The number of hydrogen-bond donors (Lipinski definition) is 1. The maximum Gasteiger partial charge on any atom is 0.339 e. The van der Waals surface area contributed by atoms with Gasteiger partial charge in [-0.25, -0.2) is 9.78 Å². The van der Waals surface area contributed by atoms with Crippen LogP contribution in [0.3, 0.4) is 0 Å². The van der Waals surface area contributed by atoms with E-state index >= 15 is 0 Å². The molecule has 0 aliphatic carbocycles. The van der Waals surface area contributed by atoms with Crippen molar-refractivity contribution in [2.24, 2.45) is 0 Å². The molecule has 1 N–H and O–H groups in total. The maximum atomic E-state index is 12.4. The topological polar surface area (TPSA) is 115 Å². The summed E-state index contributed by atoms with van der Waals surface area (Å²) in [4.78, 5) is 40.9. The number of ether oxygens (including phenoxy) is 1. The predicted octanol–water partition coefficient (Wildman–Crippen LogP) is 1.73. The Morgan fingerprint density at radius 3 is 2.76 bits per heavy atom. The summed E-state index contributed by atoms with van der Waals surface area (Å²) < 4.78 is 4.83. The molecular formula is C13H11N3O5. The van der Waals surface area contributed by atoms with E-state index in [0.717, 1.165) is 6.07 Å². The second-order valence-electron chi connectivity index (χ2n) is 3.94. The van der Waals surface area contributed by atoms with E-state index in [1.54, 1.807) is 6.92 Å². The Balaban J connectivity index is 2.62. The van der Waals surface area contributed by atoms with Crippen molar-refractivity contribution < 1.29 is 19.2 Å². The highest BCUT2D eigenvalue weighted by atomic mass is 16.6. The molecule has 0 saturated carbocycles. The van der Waals surface area contributed by atoms with E-state index in [2.05, 4.69) is 9.97 Å². The molecule has 8 heteroatoms. The zero-order valence-electron chi connectivity index (χ0n) is 11.0. The molecule has 1 aromatic heterocycles. The highest BCUT2D eigenvalue weighted by molar-refractivity contribution is 6.15. The highest BCUT2D eigenvalue weighted by Crippen LogP contribution is 2.25. The van der Waals surface area contributed by atoms with Crippen LogP contribution >= 0.6 is 0 Å². The third-order valence-electron chi connectivity index (χ3n) is 2.67. The van der Waals surface area contributed by atoms with Crippen LogP contribution in [0.4, 0.5) is 5.69 Å². The number of nitro groups is 1. The Bertz CT molecular complexity index is 694. The number of esters is 1. The van der Waals surface area contributed by atoms with Crippen molar-refractivity contribution in [3.05, 3.63) is 57.7 Å². The molecule has 2 rings (SSSR count). The van der Waals surface area contributed by atoms with Gasteiger partial charge in [0, 0.05) is 18.5 Å². The van der Waals surface area contributed by atoms with Crippen molar-refractivity contribution in [3.63, 3.8) is 0 Å². The molecule has 108 valence electrons. The molecule has 0 spiro atoms. The number of nitro benzene ring substituents is 1. The zero-order valence-corrected chi connectivity index (χ0v) is 11.0. The van der Waals surface area contributed by atoms with Gasteiger partial charge in [-0.05, 0) is 13.0 Å². The van der Waals surface area contributed by atoms with Gasteiger partial charge in [0.15, 0.2) is 5.82 Å². The first kappa shape index (κ1) is 14.4. The van der Waals surface area contributed by atoms with Gasteiger partial charge >= 0.3 is 5.97 Å². The van der Waals surface area contributed by atoms with E-state index in [-0.39, 0.29) is 23.6 Å². The van der Waals surface area contributed by atoms with E-state index in [1.165, 1.54) is 24.5 Å². The summed E-state index contributed by atoms with van der Waals surface area (Å²) in [6.45, 7) is 1.69. The molecule has 1 aromatic carbocycles. The first-order valence-electron chi connectivity index (χ1n) is 6.04. The number of H-pyrrole nitrogens is 1. The second kappa shape index (κ2) is 5.95. The van der Waals surface area contributed by atoms with Crippen molar-refractivity contribution >= 4 is 17.4 Å². The number of carbonyl (C=O) groups is 2. The summed E-state index contributed by atoms with van der Waals surface area (Å²) in [6, 6.07) is 3.78. The summed E-state index contributed by atoms with van der Waals surface area (Å²) in [5.41, 5.74) is -0.967. The molecule has 2 aromatic rings. The Morgan fingerprint density at radius 2 is 2.19 bits per heavy atom. The number of aromatic amines is 1. The summed E-state index contributed by atoms with van der Waals surface area (Å²) >= 11 is 0. The summed E-state index contributed by atoms with van der Waals surface area (Å²) in [5, 5.41) is 11.1. The van der Waals surface area contributed by atoms with Crippen LogP contribution in [0.25, 0.3) is 0 Å². The van der Waals surface area contributed by atoms with Gasteiger partial charge < -0.3 is 9.72 Å². The Kier molecular flexibility index (Phi) is 4.07. The lowest BCUT2D eigenvalue weighted by atomic mass is 10.0. The van der Waals surface area contributed by atoms with Crippen LogP contribution in [0.2, 0.25) is 0 Å². The largest absolute Gasteiger partial charge is 0.462 e. The lowest BCUT2D eigenvalue weighted by molar-refractivity contribution is -0.385. The molecule has 0 bridgehead atoms. The van der Waals surface area contributed by atoms with E-state index < -0.39 is 22.4 Å². The van der Waals surface area contributed by atoms with Crippen LogP contribution in [-0.4, -0.2) is 33.3 Å². The minimum absolute atomic E-state index is 0.0881. The van der Waals surface area contributed by atoms with Gasteiger partial charge in [0.2, 0.25) is 5.78 Å². The number of benzene rings is 1. The van der Waals surface area contributed by atoms with Crippen molar-refractivity contribution in [3.8, 4) is 0 Å². The molecule has 21 heavy (non-hydrogen) atoms. The normalized spacial score (nSPS) is 10.1. The molecule has 8 nitrogen and oxygen atoms in total. The quantitative estimate of drug-likeness (QED) is 0.388. The number of rotatable bonds is 5. The summed E-state index contributed by atoms with van der Waals surface area (Å²) in [7, 11) is 0. The van der Waals surface area contributed by atoms with Crippen LogP contribution in [0.5, 0.6) is 0 Å².